The van der Waals surface area contributed by atoms with Crippen molar-refractivity contribution in [1.82, 2.24) is 5.32 Å². The fourth-order valence-electron chi connectivity index (χ4n) is 3.49. The average Bonchev–Trinajstić information content (AvgIpc) is 3.18. The van der Waals surface area contributed by atoms with E-state index in [-0.39, 0.29) is 35.9 Å². The van der Waals surface area contributed by atoms with Crippen molar-refractivity contribution in [2.24, 2.45) is 5.73 Å². The molecule has 0 saturated heterocycles. The summed E-state index contributed by atoms with van der Waals surface area (Å²) < 4.78 is 27.1. The Bertz CT molecular complexity index is 1250. The number of carbonyl (C=O) groups excluding carboxylic acids is 3. The van der Waals surface area contributed by atoms with Crippen LogP contribution in [0.5, 0.6) is 28.7 Å². The van der Waals surface area contributed by atoms with Gasteiger partial charge < -0.3 is 39.8 Å². The molecule has 37 heavy (non-hydrogen) atoms. The van der Waals surface area contributed by atoms with Gasteiger partial charge in [-0.2, -0.15) is 0 Å². The van der Waals surface area contributed by atoms with Gasteiger partial charge in [0.05, 0.1) is 26.9 Å². The highest BCUT2D eigenvalue weighted by Crippen LogP contribution is 2.39. The fraction of sp³-hybridized carbons (Fsp3) is 0.280. The molecule has 0 bridgehead atoms. The van der Waals surface area contributed by atoms with Gasteiger partial charge >= 0.3 is 5.97 Å². The summed E-state index contributed by atoms with van der Waals surface area (Å²) in [6.45, 7) is -0.501. The first-order valence-electron chi connectivity index (χ1n) is 11.0. The first-order chi connectivity index (χ1) is 17.7. The molecule has 2 aromatic carbocycles. The molecule has 2 amide bonds. The number of carboxylic acid groups (broad SMARTS) is 1. The van der Waals surface area contributed by atoms with Crippen LogP contribution < -0.4 is 34.7 Å². The van der Waals surface area contributed by atoms with Crippen LogP contribution in [-0.2, 0) is 14.4 Å². The van der Waals surface area contributed by atoms with Crippen LogP contribution in [0, 0.1) is 0 Å². The lowest BCUT2D eigenvalue weighted by molar-refractivity contribution is -0.142. The standard InChI is InChI=1S/C25H26N2O10/c1-33-17-11-20(35-3)19(34-2)8-13(17)9-21-24(30)15-5-4-14(10-18(15)37-21)36-12-23(29)27-16(25(31)32)6-7-22(26)28/h4-5,8-11,16H,6-7,12H2,1-3H3,(H2,26,28)(H,27,29)(H,31,32)/b21-9-/t16-/m0/s1. The number of fused-ring (bicyclic) bond motifs is 1. The summed E-state index contributed by atoms with van der Waals surface area (Å²) in [5, 5.41) is 11.5. The molecule has 0 unspecified atom stereocenters. The first kappa shape index (κ1) is 26.9. The van der Waals surface area contributed by atoms with Crippen molar-refractivity contribution in [2.75, 3.05) is 27.9 Å². The molecule has 2 aromatic rings. The summed E-state index contributed by atoms with van der Waals surface area (Å²) in [4.78, 5) is 47.2. The summed E-state index contributed by atoms with van der Waals surface area (Å²) in [5.41, 5.74) is 5.84. The smallest absolute Gasteiger partial charge is 0.326 e. The number of ketones is 1. The van der Waals surface area contributed by atoms with Crippen LogP contribution in [0.3, 0.4) is 0 Å². The molecule has 0 saturated carbocycles. The highest BCUT2D eigenvalue weighted by Gasteiger charge is 2.29. The Morgan fingerprint density at radius 1 is 1.05 bits per heavy atom. The van der Waals surface area contributed by atoms with Crippen LogP contribution in [0.2, 0.25) is 0 Å². The quantitative estimate of drug-likeness (QED) is 0.353. The predicted octanol–water partition coefficient (Wildman–Crippen LogP) is 1.54. The van der Waals surface area contributed by atoms with Crippen molar-refractivity contribution in [1.29, 1.82) is 0 Å². The van der Waals surface area contributed by atoms with Crippen LogP contribution in [0.1, 0.15) is 28.8 Å². The van der Waals surface area contributed by atoms with Gasteiger partial charge in [-0.3, -0.25) is 14.4 Å². The summed E-state index contributed by atoms with van der Waals surface area (Å²) in [6, 6.07) is 6.39. The maximum Gasteiger partial charge on any atom is 0.326 e. The van der Waals surface area contributed by atoms with E-state index >= 15 is 0 Å². The molecule has 0 fully saturated rings. The third-order valence-corrected chi connectivity index (χ3v) is 5.35. The van der Waals surface area contributed by atoms with E-state index in [1.807, 2.05) is 0 Å². The van der Waals surface area contributed by atoms with Crippen molar-refractivity contribution in [3.8, 4) is 28.7 Å². The van der Waals surface area contributed by atoms with Crippen molar-refractivity contribution < 1.29 is 48.0 Å². The number of carbonyl (C=O) groups is 4. The molecular weight excluding hydrogens is 488 g/mol. The average molecular weight is 514 g/mol. The van der Waals surface area contributed by atoms with Crippen LogP contribution in [-0.4, -0.2) is 62.7 Å². The topological polar surface area (TPSA) is 173 Å². The van der Waals surface area contributed by atoms with E-state index in [0.717, 1.165) is 0 Å². The zero-order chi connectivity index (χ0) is 27.1. The molecule has 0 aliphatic carbocycles. The second-order valence-corrected chi connectivity index (χ2v) is 7.80. The second-order valence-electron chi connectivity index (χ2n) is 7.80. The maximum atomic E-state index is 12.9. The van der Waals surface area contributed by atoms with E-state index in [1.54, 1.807) is 12.1 Å². The molecule has 1 atom stereocenters. The van der Waals surface area contributed by atoms with Crippen molar-refractivity contribution in [3.05, 3.63) is 47.2 Å². The van der Waals surface area contributed by atoms with Crippen LogP contribution >= 0.6 is 0 Å². The molecular formula is C25H26N2O10. The fourth-order valence-corrected chi connectivity index (χ4v) is 3.49. The van der Waals surface area contributed by atoms with E-state index < -0.39 is 30.4 Å². The number of nitrogens with one attached hydrogen (secondary N) is 1. The highest BCUT2D eigenvalue weighted by molar-refractivity contribution is 6.14. The minimum absolute atomic E-state index is 0.0363. The number of hydrogen-bond donors (Lipinski definition) is 3. The highest BCUT2D eigenvalue weighted by atomic mass is 16.5. The first-order valence-corrected chi connectivity index (χ1v) is 11.0. The van der Waals surface area contributed by atoms with Crippen LogP contribution in [0.25, 0.3) is 6.08 Å². The molecule has 196 valence electrons. The SMILES string of the molecule is COc1cc(OC)c(OC)cc1/C=C1\Oc2cc(OCC(=O)N[C@@H](CCC(N)=O)C(=O)O)ccc2C1=O. The van der Waals surface area contributed by atoms with Crippen molar-refractivity contribution in [2.45, 2.75) is 18.9 Å². The van der Waals surface area contributed by atoms with Crippen molar-refractivity contribution >= 4 is 29.6 Å². The second kappa shape index (κ2) is 11.8. The third-order valence-electron chi connectivity index (χ3n) is 5.35. The largest absolute Gasteiger partial charge is 0.496 e. The molecule has 1 aliphatic rings. The number of amides is 2. The van der Waals surface area contributed by atoms with Gasteiger partial charge in [-0.1, -0.05) is 0 Å². The summed E-state index contributed by atoms with van der Waals surface area (Å²) >= 11 is 0. The Labute approximate surface area is 211 Å². The molecule has 4 N–H and O–H groups in total. The number of benzene rings is 2. The normalized spacial score (nSPS) is 13.8. The molecule has 1 heterocycles. The lowest BCUT2D eigenvalue weighted by Crippen LogP contribution is -2.43. The number of nitrogens with two attached hydrogens (primary N) is 1. The van der Waals surface area contributed by atoms with Gasteiger partial charge in [0.2, 0.25) is 11.7 Å². The number of aliphatic carboxylic acids is 1. The van der Waals surface area contributed by atoms with Gasteiger partial charge in [-0.05, 0) is 30.7 Å². The van der Waals surface area contributed by atoms with E-state index in [9.17, 15) is 24.3 Å². The number of hydrogen-bond acceptors (Lipinski definition) is 9. The van der Waals surface area contributed by atoms with E-state index in [1.165, 1.54) is 45.6 Å². The maximum absolute atomic E-state index is 12.9. The minimum atomic E-state index is -1.30. The van der Waals surface area contributed by atoms with Gasteiger partial charge in [0.25, 0.3) is 5.91 Å². The Kier molecular flexibility index (Phi) is 8.56. The lowest BCUT2D eigenvalue weighted by Gasteiger charge is -2.14. The Morgan fingerprint density at radius 2 is 1.73 bits per heavy atom. The Hall–Kier alpha value is -4.74. The Morgan fingerprint density at radius 3 is 2.35 bits per heavy atom. The molecule has 3 rings (SSSR count). The number of ether oxygens (including phenoxy) is 5. The van der Waals surface area contributed by atoms with Gasteiger partial charge in [0.1, 0.15) is 23.3 Å². The number of methoxy groups -OCH3 is 3. The molecule has 0 aromatic heterocycles. The summed E-state index contributed by atoms with van der Waals surface area (Å²) in [5.74, 6) is -1.26. The predicted molar refractivity (Wildman–Crippen MR) is 129 cm³/mol. The minimum Gasteiger partial charge on any atom is -0.496 e. The van der Waals surface area contributed by atoms with Gasteiger partial charge in [-0.15, -0.1) is 0 Å². The third kappa shape index (κ3) is 6.48. The number of primary amides is 1. The van der Waals surface area contributed by atoms with E-state index in [0.29, 0.717) is 28.4 Å². The van der Waals surface area contributed by atoms with E-state index in [2.05, 4.69) is 5.32 Å². The molecule has 0 spiro atoms. The molecule has 1 aliphatic heterocycles. The summed E-state index contributed by atoms with van der Waals surface area (Å²) in [7, 11) is 4.46. The molecule has 12 nitrogen and oxygen atoms in total. The van der Waals surface area contributed by atoms with Crippen LogP contribution in [0.4, 0.5) is 0 Å². The molecule has 0 radical (unpaired) electrons. The zero-order valence-electron chi connectivity index (χ0n) is 20.4. The van der Waals surface area contributed by atoms with E-state index in [4.69, 9.17) is 29.4 Å². The van der Waals surface area contributed by atoms with Gasteiger partial charge in [0, 0.05) is 24.1 Å². The monoisotopic (exact) mass is 514 g/mol. The zero-order valence-corrected chi connectivity index (χ0v) is 20.4. The van der Waals surface area contributed by atoms with Gasteiger partial charge in [0.15, 0.2) is 23.9 Å². The van der Waals surface area contributed by atoms with Crippen molar-refractivity contribution in [3.63, 3.8) is 0 Å². The number of allylic oxidation sites excluding steroid dienone is 1. The number of Topliss-reactive ketones (excluding diaryl/α,β-unsaturated/α-hetero) is 1. The van der Waals surface area contributed by atoms with Crippen LogP contribution in [0.15, 0.2) is 36.1 Å². The lowest BCUT2D eigenvalue weighted by atomic mass is 10.1. The summed E-state index contributed by atoms with van der Waals surface area (Å²) in [6.07, 6.45) is 1.17. The number of rotatable bonds is 12. The molecule has 12 heteroatoms. The van der Waals surface area contributed by atoms with Gasteiger partial charge in [-0.25, -0.2) is 4.79 Å². The number of carboxylic acids is 1. The Balaban J connectivity index is 1.71.